The summed E-state index contributed by atoms with van der Waals surface area (Å²) in [5.41, 5.74) is 10.4. The Kier molecular flexibility index (Phi) is 5.50. The lowest BCUT2D eigenvalue weighted by molar-refractivity contribution is 0.299. The van der Waals surface area contributed by atoms with E-state index < -0.39 is 0 Å². The molecule has 0 amide bonds. The summed E-state index contributed by atoms with van der Waals surface area (Å²) in [6.45, 7) is 9.58. The van der Waals surface area contributed by atoms with E-state index >= 15 is 0 Å². The first kappa shape index (κ1) is 26.5. The van der Waals surface area contributed by atoms with E-state index in [4.69, 9.17) is 4.42 Å². The Balaban J connectivity index is 1.28. The zero-order valence-corrected chi connectivity index (χ0v) is 26.7. The summed E-state index contributed by atoms with van der Waals surface area (Å²) < 4.78 is 9.00. The van der Waals surface area contributed by atoms with Crippen molar-refractivity contribution in [3.63, 3.8) is 0 Å². The van der Waals surface area contributed by atoms with Gasteiger partial charge in [-0.1, -0.05) is 88.4 Å². The quantitative estimate of drug-likeness (QED) is 0.201. The van der Waals surface area contributed by atoms with Gasteiger partial charge in [-0.25, -0.2) is 0 Å². The number of rotatable bonds is 3. The van der Waals surface area contributed by atoms with Crippen molar-refractivity contribution < 1.29 is 4.42 Å². The minimum absolute atomic E-state index is 0.132. The molecule has 0 atom stereocenters. The van der Waals surface area contributed by atoms with Gasteiger partial charge in [-0.05, 0) is 99.8 Å². The van der Waals surface area contributed by atoms with E-state index in [0.717, 1.165) is 22.5 Å². The highest BCUT2D eigenvalue weighted by atomic mass is 32.1. The molecule has 2 nitrogen and oxygen atoms in total. The van der Waals surface area contributed by atoms with Crippen molar-refractivity contribution in [3.05, 3.63) is 139 Å². The van der Waals surface area contributed by atoms with Crippen molar-refractivity contribution in [2.45, 2.75) is 38.5 Å². The van der Waals surface area contributed by atoms with Crippen LogP contribution in [0, 0.1) is 0 Å². The highest BCUT2D eigenvalue weighted by Gasteiger charge is 2.46. The summed E-state index contributed by atoms with van der Waals surface area (Å²) in [6, 6.07) is 46.6. The van der Waals surface area contributed by atoms with Crippen LogP contribution in [-0.4, -0.2) is 0 Å². The summed E-state index contributed by atoms with van der Waals surface area (Å²) >= 11 is 1.86. The summed E-state index contributed by atoms with van der Waals surface area (Å²) in [6.07, 6.45) is 0. The van der Waals surface area contributed by atoms with Gasteiger partial charge in [0.05, 0.1) is 0 Å². The van der Waals surface area contributed by atoms with Crippen molar-refractivity contribution >= 4 is 70.5 Å². The van der Waals surface area contributed by atoms with Crippen LogP contribution in [0.5, 0.6) is 0 Å². The van der Waals surface area contributed by atoms with Crippen molar-refractivity contribution in [1.29, 1.82) is 0 Å². The molecule has 0 N–H and O–H groups in total. The molecule has 1 aliphatic rings. The van der Waals surface area contributed by atoms with E-state index in [0.29, 0.717) is 0 Å². The van der Waals surface area contributed by atoms with Gasteiger partial charge >= 0.3 is 0 Å². The van der Waals surface area contributed by atoms with Gasteiger partial charge in [0.2, 0.25) is 0 Å². The van der Waals surface area contributed by atoms with Crippen LogP contribution in [0.4, 0.5) is 17.1 Å². The maximum absolute atomic E-state index is 6.36. The molecule has 45 heavy (non-hydrogen) atoms. The fourth-order valence-electron chi connectivity index (χ4n) is 7.49. The number of hydrogen-bond donors (Lipinski definition) is 0. The summed E-state index contributed by atoms with van der Waals surface area (Å²) in [7, 11) is 0. The van der Waals surface area contributed by atoms with E-state index in [1.165, 1.54) is 58.9 Å². The van der Waals surface area contributed by atoms with Gasteiger partial charge in [-0.15, -0.1) is 11.3 Å². The summed E-state index contributed by atoms with van der Waals surface area (Å²) in [5.74, 6) is 0. The zero-order valence-electron chi connectivity index (χ0n) is 25.9. The van der Waals surface area contributed by atoms with Crippen LogP contribution in [0.2, 0.25) is 0 Å². The van der Waals surface area contributed by atoms with Crippen LogP contribution < -0.4 is 4.90 Å². The Morgan fingerprint density at radius 3 is 1.93 bits per heavy atom. The van der Waals surface area contributed by atoms with Gasteiger partial charge < -0.3 is 9.32 Å². The second kappa shape index (κ2) is 9.32. The molecule has 8 aromatic rings. The van der Waals surface area contributed by atoms with Crippen LogP contribution in [0.3, 0.4) is 0 Å². The molecular formula is C42H33NOS. The fraction of sp³-hybridized carbons (Fsp3) is 0.143. The van der Waals surface area contributed by atoms with Gasteiger partial charge in [0, 0.05) is 48.0 Å². The lowest BCUT2D eigenvalue weighted by Gasteiger charge is -2.48. The SMILES string of the molecule is CC1(C)c2cc(N(c3ccccc3)c3ccc4sc5ccccc5c4c3)ccc2-c2cc3c(cc2C1(C)C)oc1ccccc13. The number of hydrogen-bond acceptors (Lipinski definition) is 3. The number of fused-ring (bicyclic) bond motifs is 9. The molecule has 3 heteroatoms. The molecule has 218 valence electrons. The third kappa shape index (κ3) is 3.74. The Morgan fingerprint density at radius 2 is 1.11 bits per heavy atom. The molecule has 0 unspecified atom stereocenters. The third-order valence-corrected chi connectivity index (χ3v) is 11.8. The molecule has 6 aromatic carbocycles. The highest BCUT2D eigenvalue weighted by Crippen LogP contribution is 2.56. The highest BCUT2D eigenvalue weighted by molar-refractivity contribution is 7.25. The van der Waals surface area contributed by atoms with E-state index in [9.17, 15) is 0 Å². The smallest absolute Gasteiger partial charge is 0.135 e. The van der Waals surface area contributed by atoms with E-state index in [1.807, 2.05) is 17.4 Å². The molecule has 0 fully saturated rings. The van der Waals surface area contributed by atoms with Gasteiger partial charge in [0.1, 0.15) is 11.2 Å². The fourth-order valence-corrected chi connectivity index (χ4v) is 8.57. The molecular weight excluding hydrogens is 567 g/mol. The predicted molar refractivity (Wildman–Crippen MR) is 193 cm³/mol. The van der Waals surface area contributed by atoms with E-state index in [-0.39, 0.29) is 10.8 Å². The monoisotopic (exact) mass is 599 g/mol. The summed E-state index contributed by atoms with van der Waals surface area (Å²) in [5, 5.41) is 4.97. The number of furan rings is 1. The standard InChI is InChI=1S/C42H33NOS/c1-41(2)35-23-28(18-20-29(35)32-24-33-30-14-8-10-16-37(30)44-38(33)25-36(32)42(41,3)4)43(26-12-6-5-7-13-26)27-19-21-40-34(22-27)31-15-9-11-17-39(31)45-40/h5-25H,1-4H3. The lowest BCUT2D eigenvalue weighted by atomic mass is 9.55. The molecule has 0 bridgehead atoms. The number of thiophene rings is 1. The molecule has 0 radical (unpaired) electrons. The molecule has 0 saturated heterocycles. The molecule has 2 aromatic heterocycles. The largest absolute Gasteiger partial charge is 0.456 e. The lowest BCUT2D eigenvalue weighted by Crippen LogP contribution is -2.43. The maximum atomic E-state index is 6.36. The molecule has 1 aliphatic carbocycles. The van der Waals surface area contributed by atoms with Crippen LogP contribution in [-0.2, 0) is 10.8 Å². The molecule has 2 heterocycles. The maximum Gasteiger partial charge on any atom is 0.135 e. The molecule has 0 aliphatic heterocycles. The van der Waals surface area contributed by atoms with Crippen molar-refractivity contribution in [2.75, 3.05) is 4.90 Å². The summed E-state index contributed by atoms with van der Waals surface area (Å²) in [4.78, 5) is 2.41. The number of anilines is 3. The van der Waals surface area contributed by atoms with Gasteiger partial charge in [0.25, 0.3) is 0 Å². The number of nitrogens with zero attached hydrogens (tertiary/aromatic N) is 1. The Bertz CT molecular complexity index is 2440. The number of benzene rings is 6. The first-order valence-corrected chi connectivity index (χ1v) is 16.5. The van der Waals surface area contributed by atoms with Crippen molar-refractivity contribution in [3.8, 4) is 11.1 Å². The molecule has 0 spiro atoms. The Morgan fingerprint density at radius 1 is 0.467 bits per heavy atom. The second-order valence-corrected chi connectivity index (χ2v) is 14.5. The topological polar surface area (TPSA) is 16.4 Å². The van der Waals surface area contributed by atoms with Crippen LogP contribution in [0.1, 0.15) is 38.8 Å². The van der Waals surface area contributed by atoms with E-state index in [2.05, 4.69) is 154 Å². The first-order chi connectivity index (χ1) is 21.8. The van der Waals surface area contributed by atoms with Crippen LogP contribution in [0.25, 0.3) is 53.2 Å². The minimum atomic E-state index is -0.138. The Hall–Kier alpha value is -4.86. The van der Waals surface area contributed by atoms with Crippen molar-refractivity contribution in [2.24, 2.45) is 0 Å². The predicted octanol–water partition coefficient (Wildman–Crippen LogP) is 12.7. The Labute approximate surface area is 267 Å². The molecule has 0 saturated carbocycles. The average molecular weight is 600 g/mol. The van der Waals surface area contributed by atoms with Gasteiger partial charge in [-0.2, -0.15) is 0 Å². The minimum Gasteiger partial charge on any atom is -0.456 e. The average Bonchev–Trinajstić information content (AvgIpc) is 3.62. The number of para-hydroxylation sites is 2. The van der Waals surface area contributed by atoms with Crippen LogP contribution in [0.15, 0.2) is 132 Å². The molecule has 9 rings (SSSR count). The van der Waals surface area contributed by atoms with E-state index in [1.54, 1.807) is 0 Å². The van der Waals surface area contributed by atoms with Gasteiger partial charge in [-0.3, -0.25) is 0 Å². The van der Waals surface area contributed by atoms with Crippen molar-refractivity contribution in [1.82, 2.24) is 0 Å². The zero-order chi connectivity index (χ0) is 30.5. The normalized spacial score (nSPS) is 15.0. The van der Waals surface area contributed by atoms with Gasteiger partial charge in [0.15, 0.2) is 0 Å². The first-order valence-electron chi connectivity index (χ1n) is 15.7. The van der Waals surface area contributed by atoms with Crippen LogP contribution >= 0.6 is 11.3 Å². The third-order valence-electron chi connectivity index (χ3n) is 10.6. The second-order valence-electron chi connectivity index (χ2n) is 13.4.